The van der Waals surface area contributed by atoms with Crippen LogP contribution in [0.2, 0.25) is 0 Å². The molecule has 1 N–H and O–H groups in total. The lowest BCUT2D eigenvalue weighted by Crippen LogP contribution is -2.07. The first-order valence-electron chi connectivity index (χ1n) is 3.85. The number of ether oxygens (including phenoxy) is 1. The van der Waals surface area contributed by atoms with E-state index in [1.165, 1.54) is 5.56 Å². The van der Waals surface area contributed by atoms with Crippen LogP contribution >= 0.6 is 9.24 Å². The van der Waals surface area contributed by atoms with Gasteiger partial charge in [0, 0.05) is 11.8 Å². The maximum atomic E-state index is 5.18. The zero-order chi connectivity index (χ0) is 8.97. The maximum absolute atomic E-state index is 5.18. The Balaban J connectivity index is 2.89. The number of rotatable bonds is 3. The molecular formula is C9H14NOP. The Kier molecular flexibility index (Phi) is 3.51. The van der Waals surface area contributed by atoms with E-state index in [9.17, 15) is 0 Å². The molecule has 1 aromatic carbocycles. The summed E-state index contributed by atoms with van der Waals surface area (Å²) in [7, 11) is 6.26. The van der Waals surface area contributed by atoms with Crippen LogP contribution in [0.3, 0.4) is 0 Å². The Bertz CT molecular complexity index is 263. The quantitative estimate of drug-likeness (QED) is 0.703. The van der Waals surface area contributed by atoms with E-state index in [2.05, 4.69) is 20.6 Å². The predicted molar refractivity (Wildman–Crippen MR) is 55.1 cm³/mol. The van der Waals surface area contributed by atoms with Crippen molar-refractivity contribution >= 4 is 14.5 Å². The van der Waals surface area contributed by atoms with E-state index in [0.29, 0.717) is 0 Å². The molecule has 0 saturated heterocycles. The third kappa shape index (κ3) is 2.20. The Labute approximate surface area is 75.5 Å². The third-order valence-corrected chi connectivity index (χ3v) is 2.16. The first-order chi connectivity index (χ1) is 5.77. The summed E-state index contributed by atoms with van der Waals surface area (Å²) in [5, 5.41) is 4.19. The summed E-state index contributed by atoms with van der Waals surface area (Å²) >= 11 is 0. The summed E-state index contributed by atoms with van der Waals surface area (Å²) in [6.07, 6.45) is 0. The van der Waals surface area contributed by atoms with Crippen molar-refractivity contribution in [3.63, 3.8) is 0 Å². The standard InChI is InChI=1S/C9H14NOP/c1-10-6-7-3-4-9(12)8(5-7)11-2/h3-5,10H,6,12H2,1-2H3. The van der Waals surface area contributed by atoms with Crippen molar-refractivity contribution in [2.24, 2.45) is 0 Å². The van der Waals surface area contributed by atoms with Crippen LogP contribution in [0.15, 0.2) is 18.2 Å². The van der Waals surface area contributed by atoms with Gasteiger partial charge < -0.3 is 10.1 Å². The van der Waals surface area contributed by atoms with Crippen LogP contribution < -0.4 is 15.4 Å². The molecule has 0 fully saturated rings. The zero-order valence-corrected chi connectivity index (χ0v) is 8.58. The van der Waals surface area contributed by atoms with E-state index in [4.69, 9.17) is 4.74 Å². The lowest BCUT2D eigenvalue weighted by Gasteiger charge is -2.06. The maximum Gasteiger partial charge on any atom is 0.126 e. The van der Waals surface area contributed by atoms with Gasteiger partial charge in [-0.3, -0.25) is 0 Å². The minimum Gasteiger partial charge on any atom is -0.496 e. The van der Waals surface area contributed by atoms with Crippen molar-refractivity contribution in [1.82, 2.24) is 5.32 Å². The molecule has 2 nitrogen and oxygen atoms in total. The van der Waals surface area contributed by atoms with Gasteiger partial charge in [0.2, 0.25) is 0 Å². The number of hydrogen-bond acceptors (Lipinski definition) is 2. The fourth-order valence-corrected chi connectivity index (χ4v) is 1.37. The van der Waals surface area contributed by atoms with E-state index in [1.54, 1.807) is 7.11 Å². The minimum absolute atomic E-state index is 0.876. The summed E-state index contributed by atoms with van der Waals surface area (Å²) in [5.74, 6) is 0.924. The van der Waals surface area contributed by atoms with E-state index in [1.807, 2.05) is 19.2 Å². The highest BCUT2D eigenvalue weighted by Crippen LogP contribution is 2.12. The van der Waals surface area contributed by atoms with Gasteiger partial charge in [-0.1, -0.05) is 12.1 Å². The van der Waals surface area contributed by atoms with Gasteiger partial charge >= 0.3 is 0 Å². The van der Waals surface area contributed by atoms with Crippen molar-refractivity contribution in [3.8, 4) is 5.75 Å². The summed E-state index contributed by atoms with van der Waals surface area (Å²) in [6, 6.07) is 6.16. The molecular weight excluding hydrogens is 169 g/mol. The molecule has 12 heavy (non-hydrogen) atoms. The van der Waals surface area contributed by atoms with Gasteiger partial charge in [0.05, 0.1) is 7.11 Å². The van der Waals surface area contributed by atoms with Crippen LogP contribution in [0.5, 0.6) is 5.75 Å². The van der Waals surface area contributed by atoms with Crippen LogP contribution in [0.25, 0.3) is 0 Å². The van der Waals surface area contributed by atoms with Crippen LogP contribution in [0.1, 0.15) is 5.56 Å². The normalized spacial score (nSPS) is 9.92. The van der Waals surface area contributed by atoms with Crippen molar-refractivity contribution in [1.29, 1.82) is 0 Å². The lowest BCUT2D eigenvalue weighted by molar-refractivity contribution is 0.418. The SMILES string of the molecule is CNCc1ccc(P)c(OC)c1. The van der Waals surface area contributed by atoms with Crippen molar-refractivity contribution in [3.05, 3.63) is 23.8 Å². The van der Waals surface area contributed by atoms with E-state index < -0.39 is 0 Å². The van der Waals surface area contributed by atoms with E-state index >= 15 is 0 Å². The summed E-state index contributed by atoms with van der Waals surface area (Å²) in [5.41, 5.74) is 1.24. The van der Waals surface area contributed by atoms with Crippen LogP contribution in [-0.2, 0) is 6.54 Å². The summed E-state index contributed by atoms with van der Waals surface area (Å²) in [6.45, 7) is 0.876. The highest BCUT2D eigenvalue weighted by Gasteiger charge is 1.98. The van der Waals surface area contributed by atoms with Gasteiger partial charge in [-0.15, -0.1) is 9.24 Å². The average Bonchev–Trinajstić information content (AvgIpc) is 2.09. The van der Waals surface area contributed by atoms with Crippen molar-refractivity contribution < 1.29 is 4.74 Å². The monoisotopic (exact) mass is 183 g/mol. The Morgan fingerprint density at radius 2 is 2.25 bits per heavy atom. The zero-order valence-electron chi connectivity index (χ0n) is 7.42. The number of methoxy groups -OCH3 is 1. The Morgan fingerprint density at radius 3 is 2.83 bits per heavy atom. The number of hydrogen-bond donors (Lipinski definition) is 1. The molecule has 0 spiro atoms. The van der Waals surface area contributed by atoms with Crippen LogP contribution in [-0.4, -0.2) is 14.2 Å². The second-order valence-electron chi connectivity index (χ2n) is 2.61. The first kappa shape index (κ1) is 9.50. The summed E-state index contributed by atoms with van der Waals surface area (Å²) < 4.78 is 5.18. The first-order valence-corrected chi connectivity index (χ1v) is 4.42. The molecule has 0 aliphatic carbocycles. The molecule has 0 radical (unpaired) electrons. The highest BCUT2D eigenvalue weighted by molar-refractivity contribution is 7.27. The molecule has 66 valence electrons. The van der Waals surface area contributed by atoms with Crippen LogP contribution in [0.4, 0.5) is 0 Å². The Morgan fingerprint density at radius 1 is 1.50 bits per heavy atom. The highest BCUT2D eigenvalue weighted by atomic mass is 31.0. The molecule has 1 unspecified atom stereocenters. The largest absolute Gasteiger partial charge is 0.496 e. The molecule has 0 heterocycles. The molecule has 3 heteroatoms. The van der Waals surface area contributed by atoms with E-state index in [0.717, 1.165) is 17.6 Å². The van der Waals surface area contributed by atoms with Gasteiger partial charge in [-0.2, -0.15) is 0 Å². The number of benzene rings is 1. The van der Waals surface area contributed by atoms with Gasteiger partial charge in [0.25, 0.3) is 0 Å². The van der Waals surface area contributed by atoms with Crippen molar-refractivity contribution in [2.75, 3.05) is 14.2 Å². The smallest absolute Gasteiger partial charge is 0.126 e. The van der Waals surface area contributed by atoms with Crippen LogP contribution in [0, 0.1) is 0 Å². The molecule has 1 aromatic rings. The number of nitrogens with one attached hydrogen (secondary N) is 1. The second kappa shape index (κ2) is 4.44. The molecule has 0 bridgehead atoms. The molecule has 0 aliphatic heterocycles. The minimum atomic E-state index is 0.876. The molecule has 0 aromatic heterocycles. The predicted octanol–water partition coefficient (Wildman–Crippen LogP) is 0.915. The topological polar surface area (TPSA) is 21.3 Å². The second-order valence-corrected chi connectivity index (χ2v) is 3.23. The van der Waals surface area contributed by atoms with E-state index in [-0.39, 0.29) is 0 Å². The molecule has 0 saturated carbocycles. The van der Waals surface area contributed by atoms with Gasteiger partial charge in [-0.25, -0.2) is 0 Å². The molecule has 0 aliphatic rings. The molecule has 1 atom stereocenters. The third-order valence-electron chi connectivity index (χ3n) is 1.68. The Hall–Kier alpha value is -0.590. The van der Waals surface area contributed by atoms with Gasteiger partial charge in [0.1, 0.15) is 5.75 Å². The average molecular weight is 183 g/mol. The fourth-order valence-electron chi connectivity index (χ4n) is 1.07. The van der Waals surface area contributed by atoms with Gasteiger partial charge in [0.15, 0.2) is 0 Å². The fraction of sp³-hybridized carbons (Fsp3) is 0.333. The molecule has 0 amide bonds. The van der Waals surface area contributed by atoms with Gasteiger partial charge in [-0.05, 0) is 18.7 Å². The lowest BCUT2D eigenvalue weighted by atomic mass is 10.2. The molecule has 1 rings (SSSR count). The summed E-state index contributed by atoms with van der Waals surface area (Å²) in [4.78, 5) is 0. The van der Waals surface area contributed by atoms with Crippen molar-refractivity contribution in [2.45, 2.75) is 6.54 Å².